The summed E-state index contributed by atoms with van der Waals surface area (Å²) in [5, 5.41) is 12.6. The predicted molar refractivity (Wildman–Crippen MR) is 173 cm³/mol. The smallest absolute Gasteiger partial charge is 1.00 e. The van der Waals surface area contributed by atoms with Crippen LogP contribution in [0.2, 0.25) is 0 Å². The number of carbonyl (C=O) groups excluding carboxylic acids is 1. The zero-order chi connectivity index (χ0) is 30.1. The maximum absolute atomic E-state index is 10.3. The first-order valence-corrected chi connectivity index (χ1v) is 14.5. The van der Waals surface area contributed by atoms with Gasteiger partial charge in [0, 0.05) is 41.5 Å². The number of aromatic nitrogens is 4. The number of carboxylic acid groups (broad SMARTS) is 1. The molecule has 48 heavy (non-hydrogen) atoms. The number of benzene rings is 3. The van der Waals surface area contributed by atoms with Crippen LogP contribution in [0.5, 0.6) is 0 Å². The average molecular weight is 769 g/mol. The Hall–Kier alpha value is -3.55. The molecular weight excluding hydrogens is 739 g/mol. The monoisotopic (exact) mass is 768 g/mol. The van der Waals surface area contributed by atoms with E-state index in [-0.39, 0.29) is 80.3 Å². The number of carbonyl (C=O) groups is 1. The van der Waals surface area contributed by atoms with Crippen LogP contribution in [0.25, 0.3) is 55.4 Å². The Labute approximate surface area is 327 Å². The van der Waals surface area contributed by atoms with E-state index in [0.717, 1.165) is 38.8 Å². The summed E-state index contributed by atoms with van der Waals surface area (Å²) in [7, 11) is 0. The topological polar surface area (TPSA) is 91.7 Å². The fraction of sp³-hybridized carbons (Fsp3) is 0.0789. The van der Waals surface area contributed by atoms with Crippen LogP contribution in [0.1, 0.15) is 18.4 Å². The van der Waals surface area contributed by atoms with Crippen molar-refractivity contribution >= 4 is 27.8 Å². The fourth-order valence-corrected chi connectivity index (χ4v) is 5.29. The molecule has 0 aliphatic carbocycles. The fourth-order valence-electron chi connectivity index (χ4n) is 5.29. The van der Waals surface area contributed by atoms with Crippen LogP contribution in [0.15, 0.2) is 140 Å². The van der Waals surface area contributed by atoms with Gasteiger partial charge < -0.3 is 34.7 Å². The number of hydrogen-bond acceptors (Lipinski definition) is 6. The summed E-state index contributed by atoms with van der Waals surface area (Å²) in [5.74, 6) is -1.01. The van der Waals surface area contributed by atoms with Gasteiger partial charge in [-0.05, 0) is 83.5 Å². The van der Waals surface area contributed by atoms with Gasteiger partial charge in [-0.1, -0.05) is 78.9 Å². The molecule has 0 N–H and O–H groups in total. The van der Waals surface area contributed by atoms with E-state index >= 15 is 0 Å². The molecule has 0 unspecified atom stereocenters. The maximum atomic E-state index is 10.3. The number of rotatable bonds is 7. The van der Waals surface area contributed by atoms with E-state index in [9.17, 15) is 9.90 Å². The van der Waals surface area contributed by atoms with E-state index in [2.05, 4.69) is 92.7 Å². The van der Waals surface area contributed by atoms with Crippen LogP contribution in [-0.4, -0.2) is 25.9 Å². The summed E-state index contributed by atoms with van der Waals surface area (Å²) in [4.78, 5) is 28.2. The number of carboxylic acids is 1. The van der Waals surface area contributed by atoms with Gasteiger partial charge >= 0.3 is 49.0 Å². The summed E-state index contributed by atoms with van der Waals surface area (Å²) in [5.41, 5.74) is 9.33. The minimum Gasteiger partial charge on any atom is -1.00 e. The quantitative estimate of drug-likeness (QED) is 0.143. The molecule has 0 amide bonds. The number of nitrogens with zero attached hydrogens (tertiary/aromatic N) is 4. The third-order valence-electron chi connectivity index (χ3n) is 7.39. The molecule has 236 valence electrons. The van der Waals surface area contributed by atoms with E-state index in [1.807, 2.05) is 54.9 Å². The van der Waals surface area contributed by atoms with Crippen molar-refractivity contribution in [2.75, 3.05) is 0 Å². The Bertz CT molecular complexity index is 1940. The molecule has 6 nitrogen and oxygen atoms in total. The van der Waals surface area contributed by atoms with Crippen molar-refractivity contribution in [3.05, 3.63) is 146 Å². The first-order valence-electron chi connectivity index (χ1n) is 14.5. The van der Waals surface area contributed by atoms with Crippen molar-refractivity contribution < 1.29 is 83.8 Å². The Morgan fingerprint density at radius 3 is 1.56 bits per heavy atom. The minimum atomic E-state index is -1.01. The van der Waals surface area contributed by atoms with E-state index in [0.29, 0.717) is 12.8 Å². The number of halogens is 2. The molecule has 10 heteroatoms. The van der Waals surface area contributed by atoms with Gasteiger partial charge in [0.15, 0.2) is 0 Å². The van der Waals surface area contributed by atoms with Crippen LogP contribution < -0.4 is 59.5 Å². The van der Waals surface area contributed by atoms with Gasteiger partial charge in [-0.25, -0.2) is 0 Å². The van der Waals surface area contributed by atoms with Crippen molar-refractivity contribution in [2.45, 2.75) is 19.3 Å². The number of aliphatic carboxylic acids is 1. The largest absolute Gasteiger partial charge is 2.00 e. The molecule has 7 rings (SSSR count). The van der Waals surface area contributed by atoms with Crippen LogP contribution in [0.3, 0.4) is 0 Å². The molecule has 0 bridgehead atoms. The third-order valence-corrected chi connectivity index (χ3v) is 7.39. The molecule has 0 radical (unpaired) electrons. The van der Waals surface area contributed by atoms with E-state index in [4.69, 9.17) is 0 Å². The van der Waals surface area contributed by atoms with E-state index < -0.39 is 5.97 Å². The second-order valence-electron chi connectivity index (χ2n) is 10.3. The van der Waals surface area contributed by atoms with Crippen molar-refractivity contribution in [3.63, 3.8) is 0 Å². The van der Waals surface area contributed by atoms with Crippen molar-refractivity contribution in [3.8, 4) is 33.6 Å². The molecule has 4 aromatic heterocycles. The van der Waals surface area contributed by atoms with Gasteiger partial charge in [-0.2, -0.15) is 0 Å². The zero-order valence-electron chi connectivity index (χ0n) is 26.1. The molecule has 3 aromatic carbocycles. The average Bonchev–Trinajstić information content (AvgIpc) is 3.09. The SMILES string of the molecule is O=C([O-])CCCc1ccnc(-c2ccccn2)c1.[Cl-].[Cl-].[Na+].[Ru+2].c1ccc(-c2ccnc3c2ccc2c(-c4ccccc4)ccnc23)cc1. The summed E-state index contributed by atoms with van der Waals surface area (Å²) in [6.07, 6.45) is 8.56. The number of pyridine rings is 4. The van der Waals surface area contributed by atoms with Gasteiger partial charge in [0.2, 0.25) is 0 Å². The van der Waals surface area contributed by atoms with E-state index in [1.165, 1.54) is 22.3 Å². The predicted octanol–water partition coefficient (Wildman–Crippen LogP) is -1.66. The summed E-state index contributed by atoms with van der Waals surface area (Å²) in [6, 6.07) is 38.8. The van der Waals surface area contributed by atoms with Crippen LogP contribution in [0.4, 0.5) is 0 Å². The zero-order valence-corrected chi connectivity index (χ0v) is 31.4. The number of hydrogen-bond donors (Lipinski definition) is 0. The Kier molecular flexibility index (Phi) is 17.0. The van der Waals surface area contributed by atoms with Crippen LogP contribution in [0, 0.1) is 0 Å². The molecule has 0 fully saturated rings. The van der Waals surface area contributed by atoms with Crippen LogP contribution in [-0.2, 0) is 30.7 Å². The number of fused-ring (bicyclic) bond motifs is 3. The second-order valence-corrected chi connectivity index (χ2v) is 10.3. The molecule has 0 spiro atoms. The third kappa shape index (κ3) is 9.99. The Morgan fingerprint density at radius 2 is 1.06 bits per heavy atom. The second kappa shape index (κ2) is 20.1. The maximum Gasteiger partial charge on any atom is 2.00 e. The first kappa shape index (κ1) is 40.6. The molecule has 4 heterocycles. The van der Waals surface area contributed by atoms with Crippen molar-refractivity contribution in [1.29, 1.82) is 0 Å². The van der Waals surface area contributed by atoms with Crippen LogP contribution >= 0.6 is 0 Å². The summed E-state index contributed by atoms with van der Waals surface area (Å²) >= 11 is 0. The molecule has 0 atom stereocenters. The standard InChI is InChI=1S/C24H16N2.C14H14N2O2.2ClH.Na.Ru/c1-3-7-17(8-4-1)19-13-15-25-23-21(19)11-12-22-20(14-16-26-24(22)23)18-9-5-2-6-10-18;17-14(18)6-3-4-11-7-9-16-13(10-11)12-5-1-2-8-15-12;;;;/h1-16H;1-2,5,7-10H,3-4,6H2,(H,17,18);2*1H;;/q;;;;+1;+2/p-3. The van der Waals surface area contributed by atoms with E-state index in [1.54, 1.807) is 12.4 Å². The number of aryl methyl sites for hydroxylation is 1. The van der Waals surface area contributed by atoms with Gasteiger partial charge in [0.1, 0.15) is 0 Å². The molecule has 0 saturated heterocycles. The summed E-state index contributed by atoms with van der Waals surface area (Å²) < 4.78 is 0. The Balaban J connectivity index is 0.000000326. The van der Waals surface area contributed by atoms with Crippen molar-refractivity contribution in [2.24, 2.45) is 0 Å². The molecule has 0 aliphatic rings. The minimum absolute atomic E-state index is 0. The van der Waals surface area contributed by atoms with Crippen molar-refractivity contribution in [1.82, 2.24) is 19.9 Å². The Morgan fingerprint density at radius 1 is 0.562 bits per heavy atom. The molecular formula is C38H29Cl2N4NaO2Ru. The van der Waals surface area contributed by atoms with Gasteiger partial charge in [-0.3, -0.25) is 19.9 Å². The molecule has 0 saturated carbocycles. The molecule has 0 aliphatic heterocycles. The molecule has 7 aromatic rings. The van der Waals surface area contributed by atoms with Gasteiger partial charge in [0.05, 0.1) is 22.4 Å². The van der Waals surface area contributed by atoms with Gasteiger partial charge in [0.25, 0.3) is 0 Å². The normalized spacial score (nSPS) is 9.83. The van der Waals surface area contributed by atoms with Gasteiger partial charge in [-0.15, -0.1) is 0 Å². The first-order chi connectivity index (χ1) is 21.7. The summed E-state index contributed by atoms with van der Waals surface area (Å²) in [6.45, 7) is 0.